The molecule has 8 nitrogen and oxygen atoms in total. The van der Waals surface area contributed by atoms with Crippen molar-refractivity contribution in [1.82, 2.24) is 10.6 Å². The number of rotatable bonds is 5. The van der Waals surface area contributed by atoms with E-state index >= 15 is 0 Å². The van der Waals surface area contributed by atoms with Crippen molar-refractivity contribution >= 4 is 18.1 Å². The molecule has 114 valence electrons. The maximum atomic E-state index is 11.6. The summed E-state index contributed by atoms with van der Waals surface area (Å²) < 4.78 is 4.46. The van der Waals surface area contributed by atoms with Crippen molar-refractivity contribution < 1.29 is 24.2 Å². The first kappa shape index (κ1) is 16.1. The smallest absolute Gasteiger partial charge is 0.404 e. The summed E-state index contributed by atoms with van der Waals surface area (Å²) in [5, 5.41) is 14.3. The number of primary amides is 1. The predicted octanol–water partition coefficient (Wildman–Crippen LogP) is 0.414. The third-order valence-corrected chi connectivity index (χ3v) is 3.28. The minimum absolute atomic E-state index is 0.0181. The monoisotopic (exact) mass is 287 g/mol. The van der Waals surface area contributed by atoms with Gasteiger partial charge in [-0.15, -0.1) is 0 Å². The highest BCUT2D eigenvalue weighted by Crippen LogP contribution is 2.23. The van der Waals surface area contributed by atoms with E-state index in [2.05, 4.69) is 15.4 Å². The Hall–Kier alpha value is -1.99. The summed E-state index contributed by atoms with van der Waals surface area (Å²) in [4.78, 5) is 33.2. The predicted molar refractivity (Wildman–Crippen MR) is 70.1 cm³/mol. The zero-order valence-electron chi connectivity index (χ0n) is 11.3. The lowest BCUT2D eigenvalue weighted by atomic mass is 9.95. The summed E-state index contributed by atoms with van der Waals surface area (Å²) in [6, 6.07) is -0.830. The Morgan fingerprint density at radius 3 is 2.55 bits per heavy atom. The number of nitrogens with two attached hydrogens (primary N) is 1. The highest BCUT2D eigenvalue weighted by Gasteiger charge is 2.30. The molecule has 0 aromatic carbocycles. The van der Waals surface area contributed by atoms with E-state index in [1.807, 2.05) is 0 Å². The van der Waals surface area contributed by atoms with Gasteiger partial charge in [-0.25, -0.2) is 9.59 Å². The zero-order chi connectivity index (χ0) is 15.0. The molecule has 0 spiro atoms. The molecule has 1 fully saturated rings. The SMILES string of the molecule is NC(=O)OCCNC(=O)NC1CCCCCC1C(=O)O. The molecule has 3 amide bonds. The van der Waals surface area contributed by atoms with Crippen LogP contribution in [0.3, 0.4) is 0 Å². The second-order valence-corrected chi connectivity index (χ2v) is 4.76. The molecule has 0 heterocycles. The van der Waals surface area contributed by atoms with Gasteiger partial charge >= 0.3 is 18.1 Å². The Morgan fingerprint density at radius 1 is 1.20 bits per heavy atom. The fraction of sp³-hybridized carbons (Fsp3) is 0.750. The van der Waals surface area contributed by atoms with Crippen molar-refractivity contribution in [2.75, 3.05) is 13.2 Å². The second kappa shape index (κ2) is 8.23. The van der Waals surface area contributed by atoms with Crippen LogP contribution >= 0.6 is 0 Å². The van der Waals surface area contributed by atoms with Crippen LogP contribution in [0.1, 0.15) is 32.1 Å². The summed E-state index contributed by atoms with van der Waals surface area (Å²) in [5.41, 5.74) is 4.77. The van der Waals surface area contributed by atoms with Gasteiger partial charge in [0, 0.05) is 6.04 Å². The molecular weight excluding hydrogens is 266 g/mol. The number of ether oxygens (including phenoxy) is 1. The normalized spacial score (nSPS) is 22.4. The lowest BCUT2D eigenvalue weighted by Crippen LogP contribution is -2.47. The van der Waals surface area contributed by atoms with E-state index in [-0.39, 0.29) is 19.2 Å². The first-order valence-electron chi connectivity index (χ1n) is 6.70. The summed E-state index contributed by atoms with van der Waals surface area (Å²) in [6.45, 7) is 0.106. The van der Waals surface area contributed by atoms with Gasteiger partial charge in [0.2, 0.25) is 0 Å². The topological polar surface area (TPSA) is 131 Å². The van der Waals surface area contributed by atoms with E-state index in [1.54, 1.807) is 0 Å². The van der Waals surface area contributed by atoms with Gasteiger partial charge in [-0.05, 0) is 12.8 Å². The Balaban J connectivity index is 2.37. The van der Waals surface area contributed by atoms with E-state index in [0.717, 1.165) is 19.3 Å². The van der Waals surface area contributed by atoms with Crippen LogP contribution in [0.2, 0.25) is 0 Å². The van der Waals surface area contributed by atoms with Crippen LogP contribution in [0.4, 0.5) is 9.59 Å². The van der Waals surface area contributed by atoms with Crippen LogP contribution in [0.25, 0.3) is 0 Å². The Morgan fingerprint density at radius 2 is 1.90 bits per heavy atom. The second-order valence-electron chi connectivity index (χ2n) is 4.76. The minimum atomic E-state index is -0.901. The summed E-state index contributed by atoms with van der Waals surface area (Å²) in [7, 11) is 0. The summed E-state index contributed by atoms with van der Waals surface area (Å²) in [6.07, 6.45) is 3.08. The molecule has 1 saturated carbocycles. The number of carbonyl (C=O) groups excluding carboxylic acids is 2. The molecule has 1 aliphatic rings. The van der Waals surface area contributed by atoms with Gasteiger partial charge in [0.15, 0.2) is 0 Å². The number of carboxylic acid groups (broad SMARTS) is 1. The van der Waals surface area contributed by atoms with E-state index in [4.69, 9.17) is 5.73 Å². The van der Waals surface area contributed by atoms with Crippen LogP contribution in [0.15, 0.2) is 0 Å². The largest absolute Gasteiger partial charge is 0.481 e. The molecule has 2 atom stereocenters. The van der Waals surface area contributed by atoms with E-state index in [1.165, 1.54) is 0 Å². The first-order chi connectivity index (χ1) is 9.50. The third-order valence-electron chi connectivity index (χ3n) is 3.28. The average Bonchev–Trinajstić information content (AvgIpc) is 2.60. The highest BCUT2D eigenvalue weighted by atomic mass is 16.5. The Labute approximate surface area is 117 Å². The molecule has 0 bridgehead atoms. The van der Waals surface area contributed by atoms with Crippen molar-refractivity contribution in [3.63, 3.8) is 0 Å². The lowest BCUT2D eigenvalue weighted by molar-refractivity contribution is -0.142. The summed E-state index contributed by atoms with van der Waals surface area (Å²) in [5.74, 6) is -1.43. The van der Waals surface area contributed by atoms with Crippen molar-refractivity contribution in [1.29, 1.82) is 0 Å². The van der Waals surface area contributed by atoms with Crippen LogP contribution in [-0.2, 0) is 9.53 Å². The first-order valence-corrected chi connectivity index (χ1v) is 6.70. The van der Waals surface area contributed by atoms with Crippen molar-refractivity contribution in [3.05, 3.63) is 0 Å². The molecule has 20 heavy (non-hydrogen) atoms. The maximum absolute atomic E-state index is 11.6. The molecule has 8 heteroatoms. The van der Waals surface area contributed by atoms with Gasteiger partial charge < -0.3 is 26.2 Å². The Bertz CT molecular complexity index is 361. The quantitative estimate of drug-likeness (QED) is 0.430. The van der Waals surface area contributed by atoms with Gasteiger partial charge in [0.05, 0.1) is 12.5 Å². The van der Waals surface area contributed by atoms with Crippen molar-refractivity contribution in [2.45, 2.75) is 38.1 Å². The van der Waals surface area contributed by atoms with Crippen LogP contribution in [0, 0.1) is 5.92 Å². The van der Waals surface area contributed by atoms with Gasteiger partial charge in [0.25, 0.3) is 0 Å². The van der Waals surface area contributed by atoms with Gasteiger partial charge in [0.1, 0.15) is 6.61 Å². The zero-order valence-corrected chi connectivity index (χ0v) is 11.3. The molecule has 1 aliphatic carbocycles. The number of aliphatic carboxylic acids is 1. The number of hydrogen-bond donors (Lipinski definition) is 4. The molecule has 1 rings (SSSR count). The average molecular weight is 287 g/mol. The fourth-order valence-corrected chi connectivity index (χ4v) is 2.31. The Kier molecular flexibility index (Phi) is 6.61. The number of nitrogens with one attached hydrogen (secondary N) is 2. The minimum Gasteiger partial charge on any atom is -0.481 e. The molecule has 0 aliphatic heterocycles. The van der Waals surface area contributed by atoms with Crippen molar-refractivity contribution in [3.8, 4) is 0 Å². The number of carboxylic acids is 1. The van der Waals surface area contributed by atoms with E-state index in [9.17, 15) is 19.5 Å². The van der Waals surface area contributed by atoms with Gasteiger partial charge in [-0.2, -0.15) is 0 Å². The van der Waals surface area contributed by atoms with Crippen LogP contribution < -0.4 is 16.4 Å². The standard InChI is InChI=1S/C12H21N3O5/c13-11(18)20-7-6-14-12(19)15-9-5-3-1-2-4-8(9)10(16)17/h8-9H,1-7H2,(H2,13,18)(H,16,17)(H2,14,15,19). The van der Waals surface area contributed by atoms with Gasteiger partial charge in [-0.3, -0.25) is 4.79 Å². The number of amides is 3. The molecule has 0 radical (unpaired) electrons. The summed E-state index contributed by atoms with van der Waals surface area (Å²) >= 11 is 0. The molecule has 5 N–H and O–H groups in total. The van der Waals surface area contributed by atoms with Gasteiger partial charge in [-0.1, -0.05) is 19.3 Å². The van der Waals surface area contributed by atoms with Crippen molar-refractivity contribution in [2.24, 2.45) is 11.7 Å². The lowest BCUT2D eigenvalue weighted by Gasteiger charge is -2.22. The number of urea groups is 1. The van der Waals surface area contributed by atoms with E-state index < -0.39 is 24.0 Å². The third kappa shape index (κ3) is 5.77. The molecule has 2 unspecified atom stereocenters. The molecule has 0 aromatic heterocycles. The van der Waals surface area contributed by atoms with Crippen LogP contribution in [-0.4, -0.2) is 42.4 Å². The fourth-order valence-electron chi connectivity index (χ4n) is 2.31. The molecule has 0 saturated heterocycles. The number of carbonyl (C=O) groups is 3. The highest BCUT2D eigenvalue weighted by molar-refractivity contribution is 5.76. The molecular formula is C12H21N3O5. The van der Waals surface area contributed by atoms with Crippen LogP contribution in [0.5, 0.6) is 0 Å². The van der Waals surface area contributed by atoms with E-state index in [0.29, 0.717) is 12.8 Å². The number of hydrogen-bond acceptors (Lipinski definition) is 4. The molecule has 0 aromatic rings. The maximum Gasteiger partial charge on any atom is 0.404 e.